The van der Waals surface area contributed by atoms with E-state index < -0.39 is 11.6 Å². The standard InChI is InChI=1S/C31H31Cl3N4O6/c1-16(2)38-26(12-25(35-38)30(39)40)17-7-9-31(41,10-8-17)21-6-5-19(11-22(21)32)43-15-20-28(36-44-29(20)18-3-4-18)27-23(33)13-37(42)14-24(27)34/h5-6,11-14,16-18,41H,3-4,7-10,15H2,1-2H3,(H,39,40)/t17-,31+. The number of rotatable bonds is 9. The molecule has 0 spiro atoms. The number of aromatic nitrogens is 4. The van der Waals surface area contributed by atoms with Crippen molar-refractivity contribution < 1.29 is 29.0 Å². The zero-order valence-corrected chi connectivity index (χ0v) is 26.4. The molecule has 2 N–H and O–H groups in total. The minimum Gasteiger partial charge on any atom is -0.619 e. The molecule has 4 aromatic rings. The molecule has 2 aliphatic carbocycles. The zero-order valence-electron chi connectivity index (χ0n) is 24.1. The van der Waals surface area contributed by atoms with E-state index in [0.29, 0.717) is 69.3 Å². The van der Waals surface area contributed by atoms with Crippen LogP contribution in [0.3, 0.4) is 0 Å². The molecule has 10 nitrogen and oxygen atoms in total. The van der Waals surface area contributed by atoms with Crippen LogP contribution in [0.1, 0.15) is 103 Å². The molecule has 3 heterocycles. The number of carboxylic acids is 1. The third-order valence-corrected chi connectivity index (χ3v) is 9.38. The van der Waals surface area contributed by atoms with Crippen LogP contribution in [0.15, 0.2) is 41.2 Å². The number of hydrogen-bond acceptors (Lipinski definition) is 7. The normalized spacial score (nSPS) is 20.3. The summed E-state index contributed by atoms with van der Waals surface area (Å²) < 4.78 is 14.1. The second kappa shape index (κ2) is 11.9. The first-order chi connectivity index (χ1) is 20.9. The third kappa shape index (κ3) is 5.88. The Kier molecular flexibility index (Phi) is 8.30. The lowest BCUT2D eigenvalue weighted by atomic mass is 9.74. The molecule has 13 heteroatoms. The average Bonchev–Trinajstić information content (AvgIpc) is 3.56. The molecule has 1 aromatic carbocycles. The molecule has 0 bridgehead atoms. The first-order valence-corrected chi connectivity index (χ1v) is 15.6. The van der Waals surface area contributed by atoms with Crippen LogP contribution in [0.4, 0.5) is 0 Å². The maximum Gasteiger partial charge on any atom is 0.356 e. The van der Waals surface area contributed by atoms with Gasteiger partial charge in [-0.05, 0) is 70.6 Å². The van der Waals surface area contributed by atoms with Crippen LogP contribution in [0.25, 0.3) is 11.3 Å². The van der Waals surface area contributed by atoms with Gasteiger partial charge in [-0.2, -0.15) is 9.83 Å². The van der Waals surface area contributed by atoms with Crippen molar-refractivity contribution in [1.29, 1.82) is 0 Å². The molecular formula is C31H31Cl3N4O6. The smallest absolute Gasteiger partial charge is 0.356 e. The highest BCUT2D eigenvalue weighted by Crippen LogP contribution is 2.48. The van der Waals surface area contributed by atoms with Crippen molar-refractivity contribution in [2.45, 2.75) is 82.5 Å². The maximum absolute atomic E-state index is 11.8. The van der Waals surface area contributed by atoms with Gasteiger partial charge in [-0.15, -0.1) is 0 Å². The van der Waals surface area contributed by atoms with Gasteiger partial charge < -0.3 is 24.7 Å². The summed E-state index contributed by atoms with van der Waals surface area (Å²) in [6, 6.07) is 6.90. The first kappa shape index (κ1) is 30.7. The molecule has 2 saturated carbocycles. The Morgan fingerprint density at radius 2 is 1.80 bits per heavy atom. The number of nitrogens with zero attached hydrogens (tertiary/aromatic N) is 4. The summed E-state index contributed by atoms with van der Waals surface area (Å²) in [6.07, 6.45) is 6.58. The van der Waals surface area contributed by atoms with Crippen molar-refractivity contribution in [2.75, 3.05) is 0 Å². The number of halogens is 3. The number of carboxylic acid groups (broad SMARTS) is 1. The van der Waals surface area contributed by atoms with E-state index in [1.165, 1.54) is 12.4 Å². The average molecular weight is 662 g/mol. The quantitative estimate of drug-likeness (QED) is 0.140. The Morgan fingerprint density at radius 3 is 2.39 bits per heavy atom. The summed E-state index contributed by atoms with van der Waals surface area (Å²) in [5.74, 6) is 0.443. The van der Waals surface area contributed by atoms with E-state index in [-0.39, 0.29) is 40.2 Å². The summed E-state index contributed by atoms with van der Waals surface area (Å²) >= 11 is 19.5. The molecule has 0 aliphatic heterocycles. The lowest BCUT2D eigenvalue weighted by Gasteiger charge is -2.37. The summed E-state index contributed by atoms with van der Waals surface area (Å²) in [5.41, 5.74) is 1.90. The Bertz CT molecular complexity index is 1700. The molecule has 44 heavy (non-hydrogen) atoms. The molecule has 3 aromatic heterocycles. The SMILES string of the molecule is CC(C)n1nc(C(=O)O)cc1[C@H]1CC[C@](O)(c2ccc(OCc3c(-c4c(Cl)c[n+]([O-])cc4Cl)noc3C3CC3)cc2Cl)CC1. The fraction of sp³-hybridized carbons (Fsp3) is 0.419. The Hall–Kier alpha value is -3.31. The Labute approximate surface area is 268 Å². The molecular weight excluding hydrogens is 631 g/mol. The summed E-state index contributed by atoms with van der Waals surface area (Å²) in [6.45, 7) is 4.04. The van der Waals surface area contributed by atoms with Crippen LogP contribution >= 0.6 is 34.8 Å². The van der Waals surface area contributed by atoms with Gasteiger partial charge in [-0.25, -0.2) is 4.79 Å². The highest BCUT2D eigenvalue weighted by Gasteiger charge is 2.38. The van der Waals surface area contributed by atoms with Crippen molar-refractivity contribution in [1.82, 2.24) is 14.9 Å². The van der Waals surface area contributed by atoms with E-state index in [9.17, 15) is 20.2 Å². The number of hydrogen-bond donors (Lipinski definition) is 2. The van der Waals surface area contributed by atoms with Crippen molar-refractivity contribution in [3.05, 3.63) is 85.2 Å². The molecule has 0 atom stereocenters. The van der Waals surface area contributed by atoms with E-state index in [1.54, 1.807) is 28.9 Å². The topological polar surface area (TPSA) is 138 Å². The largest absolute Gasteiger partial charge is 0.619 e. The first-order valence-electron chi connectivity index (χ1n) is 14.5. The van der Waals surface area contributed by atoms with Crippen LogP contribution in [0.5, 0.6) is 5.75 Å². The van der Waals surface area contributed by atoms with Gasteiger partial charge in [0.25, 0.3) is 0 Å². The van der Waals surface area contributed by atoms with Gasteiger partial charge in [0.15, 0.2) is 18.1 Å². The van der Waals surface area contributed by atoms with Crippen LogP contribution in [0, 0.1) is 5.21 Å². The Balaban J connectivity index is 1.18. The second-order valence-electron chi connectivity index (χ2n) is 11.9. The highest BCUT2D eigenvalue weighted by atomic mass is 35.5. The van der Waals surface area contributed by atoms with Gasteiger partial charge in [-0.1, -0.05) is 46.0 Å². The minimum absolute atomic E-state index is 0.0153. The lowest BCUT2D eigenvalue weighted by Crippen LogP contribution is -2.32. The van der Waals surface area contributed by atoms with Crippen molar-refractivity contribution >= 4 is 40.8 Å². The van der Waals surface area contributed by atoms with Gasteiger partial charge in [0, 0.05) is 29.1 Å². The number of ether oxygens (including phenoxy) is 1. The summed E-state index contributed by atoms with van der Waals surface area (Å²) in [5, 5.41) is 42.1. The van der Waals surface area contributed by atoms with Crippen molar-refractivity contribution in [2.24, 2.45) is 0 Å². The minimum atomic E-state index is -1.13. The van der Waals surface area contributed by atoms with E-state index in [2.05, 4.69) is 10.3 Å². The third-order valence-electron chi connectivity index (χ3n) is 8.49. The van der Waals surface area contributed by atoms with Gasteiger partial charge in [0.1, 0.15) is 33.9 Å². The van der Waals surface area contributed by atoms with Crippen LogP contribution < -0.4 is 9.47 Å². The number of aliphatic hydroxyl groups is 1. The molecule has 0 radical (unpaired) electrons. The van der Waals surface area contributed by atoms with Crippen molar-refractivity contribution in [3.8, 4) is 17.0 Å². The molecule has 2 fully saturated rings. The summed E-state index contributed by atoms with van der Waals surface area (Å²) in [7, 11) is 0. The van der Waals surface area contributed by atoms with E-state index in [0.717, 1.165) is 18.5 Å². The van der Waals surface area contributed by atoms with Crippen molar-refractivity contribution in [3.63, 3.8) is 0 Å². The van der Waals surface area contributed by atoms with Gasteiger partial charge in [0.2, 0.25) is 0 Å². The van der Waals surface area contributed by atoms with E-state index in [4.69, 9.17) is 44.1 Å². The van der Waals surface area contributed by atoms with Gasteiger partial charge >= 0.3 is 5.97 Å². The second-order valence-corrected chi connectivity index (χ2v) is 13.1. The molecule has 2 aliphatic rings. The predicted molar refractivity (Wildman–Crippen MR) is 163 cm³/mol. The summed E-state index contributed by atoms with van der Waals surface area (Å²) in [4.78, 5) is 11.5. The van der Waals surface area contributed by atoms with Crippen LogP contribution in [0.2, 0.25) is 15.1 Å². The fourth-order valence-electron chi connectivity index (χ4n) is 6.07. The molecule has 0 saturated heterocycles. The Morgan fingerprint density at radius 1 is 1.11 bits per heavy atom. The molecule has 6 rings (SSSR count). The lowest BCUT2D eigenvalue weighted by molar-refractivity contribution is -0.605. The predicted octanol–water partition coefficient (Wildman–Crippen LogP) is 7.41. The van der Waals surface area contributed by atoms with E-state index >= 15 is 0 Å². The number of carbonyl (C=O) groups is 1. The van der Waals surface area contributed by atoms with Crippen LogP contribution in [-0.2, 0) is 12.2 Å². The number of pyridine rings is 1. The molecule has 232 valence electrons. The monoisotopic (exact) mass is 660 g/mol. The van der Waals surface area contributed by atoms with E-state index in [1.807, 2.05) is 13.8 Å². The van der Waals surface area contributed by atoms with Gasteiger partial charge in [0.05, 0.1) is 21.8 Å². The van der Waals surface area contributed by atoms with Crippen LogP contribution in [-0.4, -0.2) is 31.1 Å². The zero-order chi connectivity index (χ0) is 31.3. The highest BCUT2D eigenvalue weighted by molar-refractivity contribution is 6.38. The fourth-order valence-corrected chi connectivity index (χ4v) is 7.03. The number of benzene rings is 1. The maximum atomic E-state index is 11.8. The molecule has 0 amide bonds. The van der Waals surface area contributed by atoms with Gasteiger partial charge in [-0.3, -0.25) is 4.68 Å². The molecule has 0 unspecified atom stereocenters. The number of aromatic carboxylic acids is 1.